The number of anilines is 1. The Balaban J connectivity index is 1.77. The lowest BCUT2D eigenvalue weighted by molar-refractivity contribution is 0.290. The van der Waals surface area contributed by atoms with Crippen LogP contribution < -0.4 is 15.7 Å². The Morgan fingerprint density at radius 2 is 2.15 bits per heavy atom. The molecule has 5 nitrogen and oxygen atoms in total. The maximum Gasteiger partial charge on any atom is 0.352 e. The lowest BCUT2D eigenvalue weighted by Crippen LogP contribution is -2.21. The molecule has 0 spiro atoms. The lowest BCUT2D eigenvalue weighted by Gasteiger charge is -2.07. The Labute approximate surface area is 112 Å². The number of halogens is 2. The van der Waals surface area contributed by atoms with Gasteiger partial charge in [0.1, 0.15) is 12.4 Å². The Morgan fingerprint density at radius 1 is 1.30 bits per heavy atom. The third-order valence-corrected chi connectivity index (χ3v) is 3.00. The van der Waals surface area contributed by atoms with Gasteiger partial charge in [-0.15, -0.1) is 0 Å². The SMILES string of the molecule is O=c1nc(OCc2ccc(F)c(F)c2)cc2n1CCN2. The molecule has 0 saturated heterocycles. The molecule has 2 aromatic rings. The predicted molar refractivity (Wildman–Crippen MR) is 67.7 cm³/mol. The molecule has 0 saturated carbocycles. The Kier molecular flexibility index (Phi) is 3.09. The average Bonchev–Trinajstić information content (AvgIpc) is 2.89. The molecular weight excluding hydrogens is 268 g/mol. The van der Waals surface area contributed by atoms with Crippen LogP contribution in [0, 0.1) is 11.6 Å². The van der Waals surface area contributed by atoms with Gasteiger partial charge < -0.3 is 10.1 Å². The fourth-order valence-corrected chi connectivity index (χ4v) is 2.00. The zero-order valence-electron chi connectivity index (χ0n) is 10.4. The molecule has 0 atom stereocenters. The van der Waals surface area contributed by atoms with Crippen molar-refractivity contribution in [3.05, 3.63) is 51.9 Å². The van der Waals surface area contributed by atoms with E-state index in [-0.39, 0.29) is 12.5 Å². The highest BCUT2D eigenvalue weighted by Crippen LogP contribution is 2.17. The van der Waals surface area contributed by atoms with Crippen molar-refractivity contribution in [2.75, 3.05) is 11.9 Å². The Bertz CT molecular complexity index is 715. The van der Waals surface area contributed by atoms with E-state index in [1.165, 1.54) is 10.6 Å². The van der Waals surface area contributed by atoms with Crippen LogP contribution in [-0.4, -0.2) is 16.1 Å². The quantitative estimate of drug-likeness (QED) is 0.925. The molecule has 20 heavy (non-hydrogen) atoms. The van der Waals surface area contributed by atoms with Crippen LogP contribution in [0.3, 0.4) is 0 Å². The van der Waals surface area contributed by atoms with E-state index in [4.69, 9.17) is 4.74 Å². The van der Waals surface area contributed by atoms with Crippen LogP contribution in [0.2, 0.25) is 0 Å². The van der Waals surface area contributed by atoms with Crippen molar-refractivity contribution in [3.63, 3.8) is 0 Å². The van der Waals surface area contributed by atoms with E-state index in [0.717, 1.165) is 12.1 Å². The molecule has 0 bridgehead atoms. The first-order chi connectivity index (χ1) is 9.63. The minimum absolute atomic E-state index is 0.00704. The maximum atomic E-state index is 13.0. The fraction of sp³-hybridized carbons (Fsp3) is 0.231. The molecule has 3 rings (SSSR count). The molecule has 1 aromatic heterocycles. The van der Waals surface area contributed by atoms with Crippen molar-refractivity contribution in [2.24, 2.45) is 0 Å². The van der Waals surface area contributed by atoms with E-state index in [9.17, 15) is 13.6 Å². The van der Waals surface area contributed by atoms with Gasteiger partial charge in [-0.3, -0.25) is 4.57 Å². The summed E-state index contributed by atoms with van der Waals surface area (Å²) in [5.74, 6) is -1.05. The molecule has 2 heterocycles. The van der Waals surface area contributed by atoms with Gasteiger partial charge in [0.25, 0.3) is 0 Å². The summed E-state index contributed by atoms with van der Waals surface area (Å²) in [6, 6.07) is 5.10. The smallest absolute Gasteiger partial charge is 0.352 e. The van der Waals surface area contributed by atoms with E-state index in [1.54, 1.807) is 6.07 Å². The van der Waals surface area contributed by atoms with Gasteiger partial charge in [0.05, 0.1) is 0 Å². The Hall–Kier alpha value is -2.44. The van der Waals surface area contributed by atoms with Crippen molar-refractivity contribution in [3.8, 4) is 5.88 Å². The van der Waals surface area contributed by atoms with Gasteiger partial charge in [-0.1, -0.05) is 6.07 Å². The summed E-state index contributed by atoms with van der Waals surface area (Å²) in [4.78, 5) is 15.4. The van der Waals surface area contributed by atoms with E-state index in [1.807, 2.05) is 0 Å². The third kappa shape index (κ3) is 2.34. The first-order valence-electron chi connectivity index (χ1n) is 6.06. The predicted octanol–water partition coefficient (Wildman–Crippen LogP) is 1.53. The largest absolute Gasteiger partial charge is 0.473 e. The molecule has 1 N–H and O–H groups in total. The lowest BCUT2D eigenvalue weighted by atomic mass is 10.2. The number of hydrogen-bond donors (Lipinski definition) is 1. The van der Waals surface area contributed by atoms with Crippen molar-refractivity contribution in [2.45, 2.75) is 13.2 Å². The van der Waals surface area contributed by atoms with Crippen molar-refractivity contribution >= 4 is 5.82 Å². The molecule has 7 heteroatoms. The molecule has 0 aliphatic carbocycles. The fourth-order valence-electron chi connectivity index (χ4n) is 2.00. The van der Waals surface area contributed by atoms with E-state index in [2.05, 4.69) is 10.3 Å². The molecule has 1 aliphatic heterocycles. The summed E-state index contributed by atoms with van der Waals surface area (Å²) >= 11 is 0. The van der Waals surface area contributed by atoms with Crippen molar-refractivity contribution in [1.29, 1.82) is 0 Å². The maximum absolute atomic E-state index is 13.0. The second kappa shape index (κ2) is 4.92. The van der Waals surface area contributed by atoms with Crippen LogP contribution in [0.15, 0.2) is 29.1 Å². The topological polar surface area (TPSA) is 56.1 Å². The number of ether oxygens (including phenoxy) is 1. The van der Waals surface area contributed by atoms with Gasteiger partial charge in [0.15, 0.2) is 11.6 Å². The van der Waals surface area contributed by atoms with Gasteiger partial charge in [-0.25, -0.2) is 13.6 Å². The standard InChI is InChI=1S/C13H11F2N3O2/c14-9-2-1-8(5-10(9)15)7-20-12-6-11-16-3-4-18(11)13(19)17-12/h1-2,5-6,16H,3-4,7H2. The third-order valence-electron chi connectivity index (χ3n) is 3.00. The van der Waals surface area contributed by atoms with Crippen LogP contribution in [0.1, 0.15) is 5.56 Å². The first-order valence-corrected chi connectivity index (χ1v) is 6.06. The summed E-state index contributed by atoms with van der Waals surface area (Å²) in [5.41, 5.74) is 0.0621. The molecule has 0 radical (unpaired) electrons. The van der Waals surface area contributed by atoms with Crippen molar-refractivity contribution < 1.29 is 13.5 Å². The first kappa shape index (κ1) is 12.6. The van der Waals surface area contributed by atoms with E-state index in [0.29, 0.717) is 24.5 Å². The van der Waals surface area contributed by atoms with Gasteiger partial charge >= 0.3 is 5.69 Å². The summed E-state index contributed by atoms with van der Waals surface area (Å²) in [7, 11) is 0. The van der Waals surface area contributed by atoms with Crippen LogP contribution in [0.5, 0.6) is 5.88 Å². The summed E-state index contributed by atoms with van der Waals surface area (Å²) in [5, 5.41) is 3.03. The molecule has 0 amide bonds. The van der Waals surface area contributed by atoms with E-state index >= 15 is 0 Å². The van der Waals surface area contributed by atoms with Gasteiger partial charge in [-0.2, -0.15) is 4.98 Å². The number of hydrogen-bond acceptors (Lipinski definition) is 4. The molecule has 0 unspecified atom stereocenters. The molecule has 1 aromatic carbocycles. The zero-order valence-corrected chi connectivity index (χ0v) is 10.4. The second-order valence-corrected chi connectivity index (χ2v) is 4.38. The highest BCUT2D eigenvalue weighted by atomic mass is 19.2. The number of benzene rings is 1. The molecule has 104 valence electrons. The minimum atomic E-state index is -0.935. The van der Waals surface area contributed by atoms with Crippen LogP contribution >= 0.6 is 0 Å². The number of fused-ring (bicyclic) bond motifs is 1. The van der Waals surface area contributed by atoms with Gasteiger partial charge in [0, 0.05) is 19.2 Å². The highest BCUT2D eigenvalue weighted by Gasteiger charge is 2.14. The second-order valence-electron chi connectivity index (χ2n) is 4.38. The molecule has 1 aliphatic rings. The normalized spacial score (nSPS) is 12.9. The average molecular weight is 279 g/mol. The summed E-state index contributed by atoms with van der Waals surface area (Å²) < 4.78 is 32.7. The Morgan fingerprint density at radius 3 is 2.95 bits per heavy atom. The number of rotatable bonds is 3. The number of nitrogens with one attached hydrogen (secondary N) is 1. The van der Waals surface area contributed by atoms with Crippen LogP contribution in [0.4, 0.5) is 14.6 Å². The van der Waals surface area contributed by atoms with Crippen LogP contribution in [0.25, 0.3) is 0 Å². The van der Waals surface area contributed by atoms with Gasteiger partial charge in [-0.05, 0) is 17.7 Å². The summed E-state index contributed by atoms with van der Waals surface area (Å²) in [6.07, 6.45) is 0. The number of nitrogens with zero attached hydrogens (tertiary/aromatic N) is 2. The molecular formula is C13H11F2N3O2. The summed E-state index contributed by atoms with van der Waals surface area (Å²) in [6.45, 7) is 1.25. The van der Waals surface area contributed by atoms with Crippen LogP contribution in [-0.2, 0) is 13.2 Å². The molecule has 0 fully saturated rings. The van der Waals surface area contributed by atoms with E-state index < -0.39 is 17.3 Å². The highest BCUT2D eigenvalue weighted by molar-refractivity contribution is 5.41. The monoisotopic (exact) mass is 279 g/mol. The minimum Gasteiger partial charge on any atom is -0.473 e. The zero-order chi connectivity index (χ0) is 14.1. The number of aromatic nitrogens is 2. The van der Waals surface area contributed by atoms with Crippen molar-refractivity contribution in [1.82, 2.24) is 9.55 Å². The van der Waals surface area contributed by atoms with Gasteiger partial charge in [0.2, 0.25) is 5.88 Å².